The lowest BCUT2D eigenvalue weighted by Gasteiger charge is -2.35. The van der Waals surface area contributed by atoms with E-state index < -0.39 is 0 Å². The average molecular weight is 225 g/mol. The molecule has 3 atom stereocenters. The van der Waals surface area contributed by atoms with E-state index in [2.05, 4.69) is 33.0 Å². The molecule has 0 saturated heterocycles. The molecule has 1 rings (SSSR count). The normalized spacial score (nSPS) is 28.3. The number of hydrogen-bond acceptors (Lipinski definition) is 1. The lowest BCUT2D eigenvalue weighted by Crippen LogP contribution is -2.39. The van der Waals surface area contributed by atoms with E-state index in [1.165, 1.54) is 38.5 Å². The fraction of sp³-hybridized carbons (Fsp3) is 1.00. The molecule has 0 heterocycles. The molecule has 1 aliphatic carbocycles. The van der Waals surface area contributed by atoms with Gasteiger partial charge in [-0.15, -0.1) is 0 Å². The Bertz CT molecular complexity index is 176. The Balaban J connectivity index is 2.48. The van der Waals surface area contributed by atoms with Crippen molar-refractivity contribution in [1.29, 1.82) is 0 Å². The molecule has 3 unspecified atom stereocenters. The predicted octanol–water partition coefficient (Wildman–Crippen LogP) is 4.23. The zero-order valence-electron chi connectivity index (χ0n) is 11.8. The van der Waals surface area contributed by atoms with E-state index in [-0.39, 0.29) is 0 Å². The molecule has 0 spiro atoms. The average Bonchev–Trinajstić information content (AvgIpc) is 2.28. The Hall–Kier alpha value is -0.0400. The summed E-state index contributed by atoms with van der Waals surface area (Å²) in [5.74, 6) is 2.78. The molecule has 1 fully saturated rings. The standard InChI is InChI=1S/C15H31N/c1-5-13-8-7-9-14(11-13)15(16-6-2)10-12(3)4/h12-16H,5-11H2,1-4H3. The molecule has 0 amide bonds. The summed E-state index contributed by atoms with van der Waals surface area (Å²) in [5.41, 5.74) is 0. The topological polar surface area (TPSA) is 12.0 Å². The maximum atomic E-state index is 3.73. The molecular weight excluding hydrogens is 194 g/mol. The number of hydrogen-bond donors (Lipinski definition) is 1. The van der Waals surface area contributed by atoms with Gasteiger partial charge in [0.05, 0.1) is 0 Å². The molecule has 96 valence electrons. The van der Waals surface area contributed by atoms with E-state index in [9.17, 15) is 0 Å². The summed E-state index contributed by atoms with van der Waals surface area (Å²) in [6.45, 7) is 10.4. The largest absolute Gasteiger partial charge is 0.314 e. The molecule has 1 aliphatic rings. The summed E-state index contributed by atoms with van der Waals surface area (Å²) >= 11 is 0. The second kappa shape index (κ2) is 7.32. The highest BCUT2D eigenvalue weighted by atomic mass is 14.9. The quantitative estimate of drug-likeness (QED) is 0.713. The number of nitrogens with one attached hydrogen (secondary N) is 1. The predicted molar refractivity (Wildman–Crippen MR) is 72.7 cm³/mol. The molecule has 0 aromatic heterocycles. The summed E-state index contributed by atoms with van der Waals surface area (Å²) in [5, 5.41) is 3.73. The molecule has 1 heteroatoms. The second-order valence-corrected chi connectivity index (χ2v) is 5.99. The molecule has 0 radical (unpaired) electrons. The van der Waals surface area contributed by atoms with E-state index in [0.717, 1.165) is 30.3 Å². The van der Waals surface area contributed by atoms with Crippen LogP contribution in [-0.4, -0.2) is 12.6 Å². The first-order chi connectivity index (χ1) is 7.67. The maximum absolute atomic E-state index is 3.73. The van der Waals surface area contributed by atoms with Crippen molar-refractivity contribution in [2.75, 3.05) is 6.54 Å². The Morgan fingerprint density at radius 2 is 1.94 bits per heavy atom. The highest BCUT2D eigenvalue weighted by molar-refractivity contribution is 4.82. The van der Waals surface area contributed by atoms with Gasteiger partial charge in [0.15, 0.2) is 0 Å². The third-order valence-electron chi connectivity index (χ3n) is 4.16. The van der Waals surface area contributed by atoms with Crippen molar-refractivity contribution in [1.82, 2.24) is 5.32 Å². The Morgan fingerprint density at radius 1 is 1.19 bits per heavy atom. The lowest BCUT2D eigenvalue weighted by molar-refractivity contribution is 0.193. The van der Waals surface area contributed by atoms with Crippen molar-refractivity contribution in [3.05, 3.63) is 0 Å². The van der Waals surface area contributed by atoms with Crippen LogP contribution in [0.4, 0.5) is 0 Å². The monoisotopic (exact) mass is 225 g/mol. The van der Waals surface area contributed by atoms with Crippen LogP contribution >= 0.6 is 0 Å². The van der Waals surface area contributed by atoms with Crippen molar-refractivity contribution in [3.63, 3.8) is 0 Å². The molecule has 1 saturated carbocycles. The van der Waals surface area contributed by atoms with Gasteiger partial charge in [0.1, 0.15) is 0 Å². The Kier molecular flexibility index (Phi) is 6.41. The van der Waals surface area contributed by atoms with Gasteiger partial charge < -0.3 is 5.32 Å². The van der Waals surface area contributed by atoms with Gasteiger partial charge in [0.2, 0.25) is 0 Å². The first kappa shape index (κ1) is 14.0. The molecular formula is C15H31N. The molecule has 0 aromatic carbocycles. The third kappa shape index (κ3) is 4.45. The molecule has 0 aromatic rings. The van der Waals surface area contributed by atoms with Gasteiger partial charge in [-0.2, -0.15) is 0 Å². The minimum absolute atomic E-state index is 0.777. The number of rotatable bonds is 6. The van der Waals surface area contributed by atoms with E-state index >= 15 is 0 Å². The summed E-state index contributed by atoms with van der Waals surface area (Å²) in [7, 11) is 0. The van der Waals surface area contributed by atoms with E-state index in [0.29, 0.717) is 0 Å². The third-order valence-corrected chi connectivity index (χ3v) is 4.16. The van der Waals surface area contributed by atoms with E-state index in [1.807, 2.05) is 0 Å². The second-order valence-electron chi connectivity index (χ2n) is 5.99. The summed E-state index contributed by atoms with van der Waals surface area (Å²) in [6, 6.07) is 0.777. The Labute approximate surface area is 102 Å². The van der Waals surface area contributed by atoms with Crippen LogP contribution in [0.1, 0.15) is 66.2 Å². The first-order valence-electron chi connectivity index (χ1n) is 7.40. The van der Waals surface area contributed by atoms with Crippen molar-refractivity contribution in [2.45, 2.75) is 72.3 Å². The zero-order valence-corrected chi connectivity index (χ0v) is 11.8. The minimum atomic E-state index is 0.777. The molecule has 0 aliphatic heterocycles. The fourth-order valence-corrected chi connectivity index (χ4v) is 3.28. The van der Waals surface area contributed by atoms with Crippen LogP contribution in [0.3, 0.4) is 0 Å². The molecule has 1 N–H and O–H groups in total. The van der Waals surface area contributed by atoms with Gasteiger partial charge in [0.25, 0.3) is 0 Å². The minimum Gasteiger partial charge on any atom is -0.314 e. The fourth-order valence-electron chi connectivity index (χ4n) is 3.28. The van der Waals surface area contributed by atoms with Crippen molar-refractivity contribution < 1.29 is 0 Å². The van der Waals surface area contributed by atoms with Crippen LogP contribution in [0.15, 0.2) is 0 Å². The molecule has 16 heavy (non-hydrogen) atoms. The Morgan fingerprint density at radius 3 is 2.50 bits per heavy atom. The van der Waals surface area contributed by atoms with E-state index in [1.54, 1.807) is 0 Å². The maximum Gasteiger partial charge on any atom is 0.00977 e. The van der Waals surface area contributed by atoms with Gasteiger partial charge >= 0.3 is 0 Å². The zero-order chi connectivity index (χ0) is 12.0. The van der Waals surface area contributed by atoms with Crippen molar-refractivity contribution >= 4 is 0 Å². The summed E-state index contributed by atoms with van der Waals surface area (Å²) in [6.07, 6.45) is 8.62. The smallest absolute Gasteiger partial charge is 0.00977 e. The van der Waals surface area contributed by atoms with Gasteiger partial charge in [-0.1, -0.05) is 47.0 Å². The van der Waals surface area contributed by atoms with Crippen LogP contribution < -0.4 is 5.32 Å². The highest BCUT2D eigenvalue weighted by Gasteiger charge is 2.27. The van der Waals surface area contributed by atoms with Gasteiger partial charge in [-0.05, 0) is 43.6 Å². The molecule has 1 nitrogen and oxygen atoms in total. The van der Waals surface area contributed by atoms with E-state index in [4.69, 9.17) is 0 Å². The van der Waals surface area contributed by atoms with Gasteiger partial charge in [0, 0.05) is 6.04 Å². The highest BCUT2D eigenvalue weighted by Crippen LogP contribution is 2.34. The van der Waals surface area contributed by atoms with Gasteiger partial charge in [-0.3, -0.25) is 0 Å². The summed E-state index contributed by atoms with van der Waals surface area (Å²) < 4.78 is 0. The van der Waals surface area contributed by atoms with Gasteiger partial charge in [-0.25, -0.2) is 0 Å². The van der Waals surface area contributed by atoms with Crippen LogP contribution in [0.2, 0.25) is 0 Å². The van der Waals surface area contributed by atoms with Crippen LogP contribution in [0, 0.1) is 17.8 Å². The van der Waals surface area contributed by atoms with Crippen molar-refractivity contribution in [2.24, 2.45) is 17.8 Å². The lowest BCUT2D eigenvalue weighted by atomic mass is 9.75. The summed E-state index contributed by atoms with van der Waals surface area (Å²) in [4.78, 5) is 0. The SMILES string of the molecule is CCNC(CC(C)C)C1CCCC(CC)C1. The van der Waals surface area contributed by atoms with Crippen LogP contribution in [0.5, 0.6) is 0 Å². The van der Waals surface area contributed by atoms with Crippen LogP contribution in [0.25, 0.3) is 0 Å². The van der Waals surface area contributed by atoms with Crippen molar-refractivity contribution in [3.8, 4) is 0 Å². The first-order valence-corrected chi connectivity index (χ1v) is 7.40. The van der Waals surface area contributed by atoms with Crippen LogP contribution in [-0.2, 0) is 0 Å². The molecule has 0 bridgehead atoms.